The summed E-state index contributed by atoms with van der Waals surface area (Å²) in [6.45, 7) is 9.54. The Bertz CT molecular complexity index is 645. The van der Waals surface area contributed by atoms with Crippen LogP contribution in [0.15, 0.2) is 12.1 Å². The van der Waals surface area contributed by atoms with Gasteiger partial charge in [0.25, 0.3) is 0 Å². The highest BCUT2D eigenvalue weighted by atomic mass is 16.7. The number of nitriles is 1. The predicted molar refractivity (Wildman–Crippen MR) is 82.9 cm³/mol. The number of rotatable bonds is 2. The van der Waals surface area contributed by atoms with Crippen LogP contribution in [-0.4, -0.2) is 31.4 Å². The maximum atomic E-state index is 11.8. The van der Waals surface area contributed by atoms with Crippen LogP contribution in [0.1, 0.15) is 49.2 Å². The first-order valence-corrected chi connectivity index (χ1v) is 7.11. The molecule has 0 spiro atoms. The average Bonchev–Trinajstić information content (AvgIpc) is 2.65. The molecule has 5 nitrogen and oxygen atoms in total. The molecule has 2 rings (SSSR count). The minimum absolute atomic E-state index is 0.378. The van der Waals surface area contributed by atoms with Gasteiger partial charge in [-0.15, -0.1) is 0 Å². The molecule has 0 bridgehead atoms. The summed E-state index contributed by atoms with van der Waals surface area (Å²) >= 11 is 0. The summed E-state index contributed by atoms with van der Waals surface area (Å²) in [4.78, 5) is 11.8. The summed E-state index contributed by atoms with van der Waals surface area (Å²) in [5.41, 5.74) is 1.06. The van der Waals surface area contributed by atoms with Crippen molar-refractivity contribution < 1.29 is 18.8 Å². The summed E-state index contributed by atoms with van der Waals surface area (Å²) in [7, 11) is 0.632. The van der Waals surface area contributed by atoms with Gasteiger partial charge in [0.2, 0.25) is 0 Å². The number of methoxy groups -OCH3 is 1. The van der Waals surface area contributed by atoms with E-state index in [1.54, 1.807) is 19.1 Å². The summed E-state index contributed by atoms with van der Waals surface area (Å²) < 4.78 is 16.7. The van der Waals surface area contributed by atoms with Crippen molar-refractivity contribution in [1.29, 1.82) is 5.26 Å². The smallest absolute Gasteiger partial charge is 0.465 e. The standard InChI is InChI=1S/C16H20BNO4/c1-10-7-11(14(19)20-6)8-13(12(10)9-18)17-21-15(2,3)16(4,5)22-17/h7-8H,1-6H3. The van der Waals surface area contributed by atoms with E-state index in [-0.39, 0.29) is 0 Å². The van der Waals surface area contributed by atoms with E-state index in [9.17, 15) is 10.1 Å². The second-order valence-electron chi connectivity index (χ2n) is 6.45. The Morgan fingerprint density at radius 3 is 2.23 bits per heavy atom. The fraction of sp³-hybridized carbons (Fsp3) is 0.500. The van der Waals surface area contributed by atoms with Gasteiger partial charge >= 0.3 is 13.1 Å². The zero-order chi connectivity index (χ0) is 16.7. The Labute approximate surface area is 131 Å². The molecule has 0 atom stereocenters. The van der Waals surface area contributed by atoms with Crippen molar-refractivity contribution in [2.75, 3.05) is 7.11 Å². The third-order valence-electron chi connectivity index (χ3n) is 4.41. The van der Waals surface area contributed by atoms with Crippen molar-refractivity contribution in [2.24, 2.45) is 0 Å². The molecule has 0 amide bonds. The molecule has 0 aromatic heterocycles. The fourth-order valence-corrected chi connectivity index (χ4v) is 2.36. The molecule has 0 aliphatic carbocycles. The minimum Gasteiger partial charge on any atom is -0.465 e. The van der Waals surface area contributed by atoms with Gasteiger partial charge in [-0.05, 0) is 52.3 Å². The Morgan fingerprint density at radius 1 is 1.23 bits per heavy atom. The van der Waals surface area contributed by atoms with Gasteiger partial charge < -0.3 is 14.0 Å². The highest BCUT2D eigenvalue weighted by Gasteiger charge is 2.52. The predicted octanol–water partition coefficient (Wildman–Crippen LogP) is 1.95. The normalized spacial score (nSPS) is 18.9. The van der Waals surface area contributed by atoms with Gasteiger partial charge in [-0.3, -0.25) is 0 Å². The number of carbonyl (C=O) groups excluding carboxylic acids is 1. The molecule has 0 saturated carbocycles. The summed E-state index contributed by atoms with van der Waals surface area (Å²) in [6, 6.07) is 5.42. The molecule has 0 radical (unpaired) electrons. The molecule has 22 heavy (non-hydrogen) atoms. The highest BCUT2D eigenvalue weighted by Crippen LogP contribution is 2.36. The summed E-state index contributed by atoms with van der Waals surface area (Å²) in [6.07, 6.45) is 0. The Kier molecular flexibility index (Phi) is 4.07. The molecule has 1 aliphatic rings. The van der Waals surface area contributed by atoms with Gasteiger partial charge in [0.1, 0.15) is 0 Å². The number of aryl methyl sites for hydroxylation is 1. The first-order chi connectivity index (χ1) is 10.1. The number of benzene rings is 1. The van der Waals surface area contributed by atoms with E-state index in [0.717, 1.165) is 0 Å². The van der Waals surface area contributed by atoms with Crippen LogP contribution in [0.2, 0.25) is 0 Å². The molecule has 6 heteroatoms. The van der Waals surface area contributed by atoms with E-state index in [1.807, 2.05) is 27.7 Å². The second kappa shape index (κ2) is 5.42. The van der Waals surface area contributed by atoms with Gasteiger partial charge in [-0.1, -0.05) is 0 Å². The van der Waals surface area contributed by atoms with Crippen LogP contribution in [0.25, 0.3) is 0 Å². The maximum Gasteiger partial charge on any atom is 0.496 e. The van der Waals surface area contributed by atoms with E-state index < -0.39 is 24.3 Å². The monoisotopic (exact) mass is 301 g/mol. The number of carbonyl (C=O) groups is 1. The molecular formula is C16H20BNO4. The van der Waals surface area contributed by atoms with E-state index in [0.29, 0.717) is 22.2 Å². The van der Waals surface area contributed by atoms with E-state index in [1.165, 1.54) is 7.11 Å². The zero-order valence-electron chi connectivity index (χ0n) is 13.8. The van der Waals surface area contributed by atoms with Crippen molar-refractivity contribution in [3.63, 3.8) is 0 Å². The first-order valence-electron chi connectivity index (χ1n) is 7.11. The molecule has 1 fully saturated rings. The van der Waals surface area contributed by atoms with Gasteiger partial charge in [0.05, 0.1) is 35.5 Å². The van der Waals surface area contributed by atoms with Crippen LogP contribution in [-0.2, 0) is 14.0 Å². The van der Waals surface area contributed by atoms with Crippen LogP contribution in [0.5, 0.6) is 0 Å². The van der Waals surface area contributed by atoms with Gasteiger partial charge in [-0.25, -0.2) is 4.79 Å². The van der Waals surface area contributed by atoms with Crippen molar-refractivity contribution in [2.45, 2.75) is 45.8 Å². The van der Waals surface area contributed by atoms with E-state index in [4.69, 9.17) is 14.0 Å². The van der Waals surface area contributed by atoms with Crippen molar-refractivity contribution >= 4 is 18.6 Å². The maximum absolute atomic E-state index is 11.8. The summed E-state index contributed by atoms with van der Waals surface area (Å²) in [5, 5.41) is 9.43. The van der Waals surface area contributed by atoms with E-state index >= 15 is 0 Å². The SMILES string of the molecule is COC(=O)c1cc(C)c(C#N)c(B2OC(C)(C)C(C)(C)O2)c1. The Morgan fingerprint density at radius 2 is 1.77 bits per heavy atom. The molecule has 116 valence electrons. The lowest BCUT2D eigenvalue weighted by Crippen LogP contribution is -2.41. The van der Waals surface area contributed by atoms with Gasteiger partial charge in [0, 0.05) is 5.46 Å². The lowest BCUT2D eigenvalue weighted by atomic mass is 9.74. The highest BCUT2D eigenvalue weighted by molar-refractivity contribution is 6.63. The Hall–Kier alpha value is -1.84. The number of nitrogens with zero attached hydrogens (tertiary/aromatic N) is 1. The van der Waals surface area contributed by atoms with Crippen LogP contribution in [0, 0.1) is 18.3 Å². The topological polar surface area (TPSA) is 68.6 Å². The van der Waals surface area contributed by atoms with Gasteiger partial charge in [0.15, 0.2) is 0 Å². The van der Waals surface area contributed by atoms with Crippen LogP contribution in [0.3, 0.4) is 0 Å². The lowest BCUT2D eigenvalue weighted by molar-refractivity contribution is 0.00578. The number of hydrogen-bond donors (Lipinski definition) is 0. The molecule has 1 heterocycles. The van der Waals surface area contributed by atoms with Crippen LogP contribution < -0.4 is 5.46 Å². The van der Waals surface area contributed by atoms with E-state index in [2.05, 4.69) is 6.07 Å². The quantitative estimate of drug-likeness (QED) is 0.617. The fourth-order valence-electron chi connectivity index (χ4n) is 2.36. The lowest BCUT2D eigenvalue weighted by Gasteiger charge is -2.32. The Balaban J connectivity index is 2.54. The zero-order valence-corrected chi connectivity index (χ0v) is 13.8. The van der Waals surface area contributed by atoms with Gasteiger partial charge in [-0.2, -0.15) is 5.26 Å². The second-order valence-corrected chi connectivity index (χ2v) is 6.45. The number of hydrogen-bond acceptors (Lipinski definition) is 5. The van der Waals surface area contributed by atoms with Crippen LogP contribution in [0.4, 0.5) is 0 Å². The number of ether oxygens (including phenoxy) is 1. The minimum atomic E-state index is -0.692. The van der Waals surface area contributed by atoms with Crippen LogP contribution >= 0.6 is 0 Å². The molecule has 1 aliphatic heterocycles. The van der Waals surface area contributed by atoms with Crippen molar-refractivity contribution in [3.8, 4) is 6.07 Å². The molecule has 1 saturated heterocycles. The summed E-state index contributed by atoms with van der Waals surface area (Å²) in [5.74, 6) is -0.453. The third-order valence-corrected chi connectivity index (χ3v) is 4.41. The largest absolute Gasteiger partial charge is 0.496 e. The molecule has 0 unspecified atom stereocenters. The molecule has 1 aromatic rings. The molecule has 1 aromatic carbocycles. The third kappa shape index (κ3) is 2.62. The van der Waals surface area contributed by atoms with Crippen molar-refractivity contribution in [1.82, 2.24) is 0 Å². The molecule has 0 N–H and O–H groups in total. The molecular weight excluding hydrogens is 281 g/mol. The van der Waals surface area contributed by atoms with Crippen molar-refractivity contribution in [3.05, 3.63) is 28.8 Å². The number of esters is 1. The average molecular weight is 301 g/mol. The first kappa shape index (κ1) is 16.5.